The molecule has 15 heavy (non-hydrogen) atoms. The fraction of sp³-hybridized carbons (Fsp3) is 0.545. The number of nitrogens with one attached hydrogen (secondary N) is 1. The van der Waals surface area contributed by atoms with E-state index < -0.39 is 11.4 Å². The molecule has 3 rings (SSSR count). The van der Waals surface area contributed by atoms with E-state index in [0.717, 1.165) is 25.2 Å². The summed E-state index contributed by atoms with van der Waals surface area (Å²) in [6, 6.07) is 3.05. The van der Waals surface area contributed by atoms with Crippen LogP contribution < -0.4 is 10.9 Å². The number of piperidine rings is 1. The van der Waals surface area contributed by atoms with Crippen LogP contribution in [0.1, 0.15) is 18.0 Å². The summed E-state index contributed by atoms with van der Waals surface area (Å²) < 4.78 is 14.8. The van der Waals surface area contributed by atoms with Gasteiger partial charge in [0, 0.05) is 24.7 Å². The van der Waals surface area contributed by atoms with Crippen molar-refractivity contribution in [1.82, 2.24) is 9.88 Å². The van der Waals surface area contributed by atoms with Crippen molar-refractivity contribution in [3.8, 4) is 0 Å². The number of fused-ring (bicyclic) bond motifs is 4. The van der Waals surface area contributed by atoms with Crippen LogP contribution in [-0.4, -0.2) is 17.7 Å². The van der Waals surface area contributed by atoms with Crippen LogP contribution in [0.25, 0.3) is 0 Å². The van der Waals surface area contributed by atoms with Crippen molar-refractivity contribution in [3.05, 3.63) is 34.0 Å². The zero-order valence-electron chi connectivity index (χ0n) is 8.37. The standard InChI is InChI=1S/C11H13FN2O/c12-9-1-2-10-8-3-7(4-13-5-8)6-14(10)11(9)15/h1-2,7-8,13H,3-6H2/t7-,8+/m0/s1. The summed E-state index contributed by atoms with van der Waals surface area (Å²) in [6.45, 7) is 2.51. The third-order valence-electron chi connectivity index (χ3n) is 3.46. The second-order valence-electron chi connectivity index (χ2n) is 4.48. The van der Waals surface area contributed by atoms with E-state index in [0.29, 0.717) is 18.4 Å². The van der Waals surface area contributed by atoms with Gasteiger partial charge in [0.05, 0.1) is 0 Å². The number of aromatic nitrogens is 1. The van der Waals surface area contributed by atoms with Gasteiger partial charge in [0.1, 0.15) is 0 Å². The average molecular weight is 208 g/mol. The van der Waals surface area contributed by atoms with E-state index in [1.807, 2.05) is 0 Å². The first kappa shape index (κ1) is 9.09. The van der Waals surface area contributed by atoms with Gasteiger partial charge in [0.15, 0.2) is 5.82 Å². The predicted molar refractivity (Wildman–Crippen MR) is 54.4 cm³/mol. The van der Waals surface area contributed by atoms with E-state index in [4.69, 9.17) is 0 Å². The molecule has 0 radical (unpaired) electrons. The number of halogens is 1. The lowest BCUT2D eigenvalue weighted by atomic mass is 9.84. The fourth-order valence-electron chi connectivity index (χ4n) is 2.76. The zero-order chi connectivity index (χ0) is 10.4. The molecular weight excluding hydrogens is 195 g/mol. The molecular formula is C11H13FN2O. The molecule has 2 bridgehead atoms. The van der Waals surface area contributed by atoms with E-state index in [9.17, 15) is 9.18 Å². The van der Waals surface area contributed by atoms with Crippen molar-refractivity contribution in [1.29, 1.82) is 0 Å². The Morgan fingerprint density at radius 2 is 2.27 bits per heavy atom. The summed E-state index contributed by atoms with van der Waals surface area (Å²) in [7, 11) is 0. The first-order valence-corrected chi connectivity index (χ1v) is 5.35. The highest BCUT2D eigenvalue weighted by Crippen LogP contribution is 2.31. The molecule has 2 atom stereocenters. The van der Waals surface area contributed by atoms with E-state index >= 15 is 0 Å². The van der Waals surface area contributed by atoms with Crippen molar-refractivity contribution in [3.63, 3.8) is 0 Å². The molecule has 0 aromatic carbocycles. The second-order valence-corrected chi connectivity index (χ2v) is 4.48. The molecule has 0 saturated carbocycles. The van der Waals surface area contributed by atoms with Crippen LogP contribution >= 0.6 is 0 Å². The third-order valence-corrected chi connectivity index (χ3v) is 3.46. The smallest absolute Gasteiger partial charge is 0.286 e. The Labute approximate surface area is 86.9 Å². The highest BCUT2D eigenvalue weighted by atomic mass is 19.1. The highest BCUT2D eigenvalue weighted by molar-refractivity contribution is 5.17. The Bertz CT molecular complexity index is 454. The Kier molecular flexibility index (Phi) is 1.92. The summed E-state index contributed by atoms with van der Waals surface area (Å²) in [5.41, 5.74) is 0.536. The minimum Gasteiger partial charge on any atom is -0.316 e. The molecule has 0 aliphatic carbocycles. The number of hydrogen-bond donors (Lipinski definition) is 1. The van der Waals surface area contributed by atoms with E-state index in [2.05, 4.69) is 5.32 Å². The average Bonchev–Trinajstić information content (AvgIpc) is 2.25. The quantitative estimate of drug-likeness (QED) is 0.680. The molecule has 4 heteroatoms. The molecule has 0 spiro atoms. The largest absolute Gasteiger partial charge is 0.316 e. The van der Waals surface area contributed by atoms with E-state index in [1.165, 1.54) is 6.07 Å². The van der Waals surface area contributed by atoms with Crippen LogP contribution in [-0.2, 0) is 6.54 Å². The summed E-state index contributed by atoms with van der Waals surface area (Å²) in [5, 5.41) is 3.35. The van der Waals surface area contributed by atoms with E-state index in [1.54, 1.807) is 10.6 Å². The Balaban J connectivity index is 2.17. The predicted octanol–water partition coefficient (Wildman–Crippen LogP) is 0.694. The molecule has 1 aromatic rings. The van der Waals surface area contributed by atoms with Gasteiger partial charge >= 0.3 is 0 Å². The van der Waals surface area contributed by atoms with Gasteiger partial charge in [0.2, 0.25) is 0 Å². The normalized spacial score (nSPS) is 28.6. The van der Waals surface area contributed by atoms with Gasteiger partial charge in [-0.05, 0) is 31.0 Å². The minimum absolute atomic E-state index is 0.380. The third kappa shape index (κ3) is 1.32. The summed E-state index contributed by atoms with van der Waals surface area (Å²) in [5.74, 6) is 0.230. The number of nitrogens with zero attached hydrogens (tertiary/aromatic N) is 1. The van der Waals surface area contributed by atoms with Crippen molar-refractivity contribution in [2.45, 2.75) is 18.9 Å². The second kappa shape index (κ2) is 3.17. The molecule has 1 aromatic heterocycles. The maximum Gasteiger partial charge on any atom is 0.286 e. The molecule has 0 amide bonds. The van der Waals surface area contributed by atoms with Crippen LogP contribution in [0, 0.1) is 11.7 Å². The van der Waals surface area contributed by atoms with Gasteiger partial charge in [-0.1, -0.05) is 0 Å². The van der Waals surface area contributed by atoms with Crippen molar-refractivity contribution in [2.24, 2.45) is 5.92 Å². The number of hydrogen-bond acceptors (Lipinski definition) is 2. The van der Waals surface area contributed by atoms with Crippen molar-refractivity contribution >= 4 is 0 Å². The molecule has 0 unspecified atom stereocenters. The van der Waals surface area contributed by atoms with E-state index in [-0.39, 0.29) is 0 Å². The maximum atomic E-state index is 13.1. The van der Waals surface area contributed by atoms with Crippen LogP contribution in [0.2, 0.25) is 0 Å². The molecule has 1 fully saturated rings. The first-order chi connectivity index (χ1) is 7.25. The van der Waals surface area contributed by atoms with Crippen molar-refractivity contribution < 1.29 is 4.39 Å². The van der Waals surface area contributed by atoms with Crippen molar-refractivity contribution in [2.75, 3.05) is 13.1 Å². The molecule has 3 heterocycles. The van der Waals surface area contributed by atoms with Gasteiger partial charge in [-0.3, -0.25) is 4.79 Å². The highest BCUT2D eigenvalue weighted by Gasteiger charge is 2.31. The number of rotatable bonds is 0. The maximum absolute atomic E-state index is 13.1. The Morgan fingerprint density at radius 3 is 3.13 bits per heavy atom. The lowest BCUT2D eigenvalue weighted by molar-refractivity contribution is 0.254. The number of pyridine rings is 1. The van der Waals surface area contributed by atoms with Crippen LogP contribution in [0.4, 0.5) is 4.39 Å². The molecule has 1 saturated heterocycles. The lowest BCUT2D eigenvalue weighted by Crippen LogP contribution is -2.45. The lowest BCUT2D eigenvalue weighted by Gasteiger charge is -2.37. The van der Waals surface area contributed by atoms with Gasteiger partial charge in [0.25, 0.3) is 5.56 Å². The summed E-state index contributed by atoms with van der Waals surface area (Å²) in [4.78, 5) is 11.6. The fourth-order valence-corrected chi connectivity index (χ4v) is 2.76. The van der Waals surface area contributed by atoms with Gasteiger partial charge in [-0.25, -0.2) is 4.39 Å². The Hall–Kier alpha value is -1.16. The molecule has 80 valence electrons. The minimum atomic E-state index is -0.633. The SMILES string of the molecule is O=c1c(F)ccc2n1C[C@@H]1CNC[C@H]2C1. The summed E-state index contributed by atoms with van der Waals surface area (Å²) in [6.07, 6.45) is 1.12. The Morgan fingerprint density at radius 1 is 1.40 bits per heavy atom. The van der Waals surface area contributed by atoms with Gasteiger partial charge < -0.3 is 9.88 Å². The zero-order valence-corrected chi connectivity index (χ0v) is 8.37. The topological polar surface area (TPSA) is 34.0 Å². The molecule has 2 aliphatic rings. The van der Waals surface area contributed by atoms with Crippen LogP contribution in [0.5, 0.6) is 0 Å². The van der Waals surface area contributed by atoms with Gasteiger partial charge in [-0.15, -0.1) is 0 Å². The van der Waals surface area contributed by atoms with Gasteiger partial charge in [-0.2, -0.15) is 0 Å². The first-order valence-electron chi connectivity index (χ1n) is 5.35. The monoisotopic (exact) mass is 208 g/mol. The van der Waals surface area contributed by atoms with Crippen LogP contribution in [0.3, 0.4) is 0 Å². The summed E-state index contributed by atoms with van der Waals surface area (Å²) >= 11 is 0. The molecule has 2 aliphatic heterocycles. The molecule has 3 nitrogen and oxygen atoms in total. The van der Waals surface area contributed by atoms with Crippen LogP contribution in [0.15, 0.2) is 16.9 Å². The molecule has 1 N–H and O–H groups in total.